The van der Waals surface area contributed by atoms with Crippen molar-refractivity contribution >= 4 is 11.8 Å². The van der Waals surface area contributed by atoms with Gasteiger partial charge in [0.25, 0.3) is 0 Å². The number of halogens is 2. The first-order chi connectivity index (χ1) is 19.6. The van der Waals surface area contributed by atoms with Gasteiger partial charge in [-0.05, 0) is 58.4 Å². The highest BCUT2D eigenvalue weighted by Crippen LogP contribution is 2.43. The number of aryl methyl sites for hydroxylation is 1. The number of nitrogens with zero attached hydrogens (tertiary/aromatic N) is 2. The zero-order valence-corrected chi connectivity index (χ0v) is 23.9. The zero-order valence-electron chi connectivity index (χ0n) is 23.9. The van der Waals surface area contributed by atoms with Crippen molar-refractivity contribution in [3.05, 3.63) is 40.8 Å². The lowest BCUT2D eigenvalue weighted by molar-refractivity contribution is -0.143. The molecule has 1 fully saturated rings. The molecule has 1 aromatic heterocycles. The lowest BCUT2D eigenvalue weighted by Gasteiger charge is -2.35. The van der Waals surface area contributed by atoms with Crippen LogP contribution in [0, 0.1) is 5.82 Å². The van der Waals surface area contributed by atoms with Crippen LogP contribution in [0.2, 0.25) is 0 Å². The third kappa shape index (κ3) is 6.67. The summed E-state index contributed by atoms with van der Waals surface area (Å²) in [7, 11) is 1.69. The zero-order chi connectivity index (χ0) is 29.1. The number of nitrogens with one attached hydrogen (secondary N) is 1. The summed E-state index contributed by atoms with van der Waals surface area (Å²) in [6.07, 6.45) is 4.10. The van der Waals surface area contributed by atoms with Gasteiger partial charge in [-0.1, -0.05) is 0 Å². The predicted octanol–water partition coefficient (Wildman–Crippen LogP) is 4.71. The fourth-order valence-corrected chi connectivity index (χ4v) is 5.74. The molecule has 2 aromatic rings. The van der Waals surface area contributed by atoms with E-state index in [4.69, 9.17) is 23.9 Å². The second-order valence-electron chi connectivity index (χ2n) is 11.5. The number of pyridine rings is 1. The number of rotatable bonds is 11. The standard InChI is InChI=1S/C30H39F2N3O6/c1-30(2,32)25-17-40-24-14-18(31)13-22(27(24)41-25)26(29(36)37)35-11-9-20(16-35)39-12-5-4-7-19-15-23(38-3)21-8-6-10-33-28(21)34-19/h13-15,20,25-26H,4-12,16-17H2,1-3H3,(H,33,34)(H,36,37)/t20-,25?,26+/m1/s1. The van der Waals surface area contributed by atoms with Gasteiger partial charge in [-0.3, -0.25) is 9.69 Å². The fraction of sp³-hybridized carbons (Fsp3) is 0.600. The number of fused-ring (bicyclic) bond motifs is 2. The van der Waals surface area contributed by atoms with Gasteiger partial charge >= 0.3 is 5.97 Å². The maximum Gasteiger partial charge on any atom is 0.325 e. The van der Waals surface area contributed by atoms with Crippen molar-refractivity contribution < 1.29 is 37.6 Å². The second-order valence-corrected chi connectivity index (χ2v) is 11.5. The van der Waals surface area contributed by atoms with Crippen LogP contribution in [0.3, 0.4) is 0 Å². The molecule has 0 amide bonds. The van der Waals surface area contributed by atoms with Crippen molar-refractivity contribution in [1.82, 2.24) is 9.88 Å². The van der Waals surface area contributed by atoms with Crippen molar-refractivity contribution in [1.29, 1.82) is 0 Å². The molecule has 0 radical (unpaired) electrons. The molecule has 11 heteroatoms. The predicted molar refractivity (Wildman–Crippen MR) is 148 cm³/mol. The molecule has 0 aliphatic carbocycles. The Morgan fingerprint density at radius 1 is 1.32 bits per heavy atom. The Kier molecular flexibility index (Phi) is 8.84. The minimum atomic E-state index is -1.73. The first-order valence-corrected chi connectivity index (χ1v) is 14.3. The summed E-state index contributed by atoms with van der Waals surface area (Å²) in [4.78, 5) is 19.0. The highest BCUT2D eigenvalue weighted by Gasteiger charge is 2.41. The minimum Gasteiger partial charge on any atom is -0.496 e. The van der Waals surface area contributed by atoms with Crippen LogP contribution in [-0.2, 0) is 22.4 Å². The van der Waals surface area contributed by atoms with Gasteiger partial charge < -0.3 is 29.4 Å². The Bertz CT molecular complexity index is 1240. The Morgan fingerprint density at radius 2 is 2.15 bits per heavy atom. The first kappa shape index (κ1) is 29.3. The van der Waals surface area contributed by atoms with Crippen molar-refractivity contribution in [2.45, 2.75) is 76.3 Å². The Hall–Kier alpha value is -3.18. The van der Waals surface area contributed by atoms with Crippen LogP contribution in [0.4, 0.5) is 14.6 Å². The number of benzene rings is 1. The van der Waals surface area contributed by atoms with E-state index in [9.17, 15) is 18.7 Å². The van der Waals surface area contributed by atoms with Crippen molar-refractivity contribution in [3.63, 3.8) is 0 Å². The molecule has 5 rings (SSSR count). The Balaban J connectivity index is 1.17. The minimum absolute atomic E-state index is 0.0766. The number of carboxylic acids is 1. The summed E-state index contributed by atoms with van der Waals surface area (Å²) in [5.74, 6) is 0.175. The monoisotopic (exact) mass is 575 g/mol. The van der Waals surface area contributed by atoms with Crippen LogP contribution in [-0.4, -0.2) is 78.8 Å². The van der Waals surface area contributed by atoms with Gasteiger partial charge in [0.2, 0.25) is 0 Å². The van der Waals surface area contributed by atoms with Gasteiger partial charge in [0.1, 0.15) is 35.7 Å². The largest absolute Gasteiger partial charge is 0.496 e. The molecule has 1 unspecified atom stereocenters. The molecule has 9 nitrogen and oxygen atoms in total. The van der Waals surface area contributed by atoms with Gasteiger partial charge in [-0.2, -0.15) is 0 Å². The highest BCUT2D eigenvalue weighted by atomic mass is 19.1. The van der Waals surface area contributed by atoms with E-state index in [1.165, 1.54) is 13.8 Å². The average Bonchev–Trinajstić information content (AvgIpc) is 3.39. The molecule has 1 saturated heterocycles. The number of methoxy groups -OCH3 is 1. The number of aromatic nitrogens is 1. The molecular weight excluding hydrogens is 536 g/mol. The summed E-state index contributed by atoms with van der Waals surface area (Å²) in [5, 5.41) is 13.5. The van der Waals surface area contributed by atoms with E-state index in [0.717, 1.165) is 73.6 Å². The number of aliphatic carboxylic acids is 1. The number of hydrogen-bond donors (Lipinski definition) is 2. The maximum atomic E-state index is 14.6. The topological polar surface area (TPSA) is 102 Å². The van der Waals surface area contributed by atoms with E-state index < -0.39 is 29.6 Å². The molecule has 0 spiro atoms. The van der Waals surface area contributed by atoms with Crippen molar-refractivity contribution in [2.75, 3.05) is 45.3 Å². The molecule has 41 heavy (non-hydrogen) atoms. The molecule has 3 atom stereocenters. The van der Waals surface area contributed by atoms with E-state index in [0.29, 0.717) is 26.1 Å². The highest BCUT2D eigenvalue weighted by molar-refractivity contribution is 5.77. The summed E-state index contributed by atoms with van der Waals surface area (Å²) in [6.45, 7) is 4.92. The average molecular weight is 576 g/mol. The van der Waals surface area contributed by atoms with E-state index >= 15 is 0 Å². The number of ether oxygens (including phenoxy) is 4. The number of anilines is 1. The number of likely N-dealkylation sites (tertiary alicyclic amines) is 1. The van der Waals surface area contributed by atoms with Gasteiger partial charge in [-0.15, -0.1) is 0 Å². The van der Waals surface area contributed by atoms with Gasteiger partial charge in [0.15, 0.2) is 17.6 Å². The Morgan fingerprint density at radius 3 is 2.90 bits per heavy atom. The van der Waals surface area contributed by atoms with Crippen LogP contribution in [0.1, 0.15) is 62.4 Å². The molecule has 3 aliphatic heterocycles. The number of carboxylic acid groups (broad SMARTS) is 1. The quantitative estimate of drug-likeness (QED) is 0.369. The molecule has 224 valence electrons. The molecule has 1 aromatic carbocycles. The van der Waals surface area contributed by atoms with Crippen LogP contribution >= 0.6 is 0 Å². The number of carbonyl (C=O) groups is 1. The number of hydrogen-bond acceptors (Lipinski definition) is 8. The van der Waals surface area contributed by atoms with Gasteiger partial charge in [-0.25, -0.2) is 13.8 Å². The molecule has 3 aliphatic rings. The Labute approximate surface area is 239 Å². The summed E-state index contributed by atoms with van der Waals surface area (Å²) < 4.78 is 52.3. The number of unbranched alkanes of at least 4 members (excludes halogenated alkanes) is 1. The lowest BCUT2D eigenvalue weighted by Crippen LogP contribution is -2.44. The summed E-state index contributed by atoms with van der Waals surface area (Å²) in [6, 6.07) is 3.12. The number of alkyl halides is 1. The maximum absolute atomic E-state index is 14.6. The van der Waals surface area contributed by atoms with E-state index in [1.807, 2.05) is 6.07 Å². The smallest absolute Gasteiger partial charge is 0.325 e. The van der Waals surface area contributed by atoms with Gasteiger partial charge in [0, 0.05) is 55.2 Å². The van der Waals surface area contributed by atoms with Crippen molar-refractivity contribution in [2.24, 2.45) is 0 Å². The van der Waals surface area contributed by atoms with E-state index in [1.54, 1.807) is 12.0 Å². The van der Waals surface area contributed by atoms with Crippen molar-refractivity contribution in [3.8, 4) is 17.2 Å². The molecule has 0 saturated carbocycles. The third-order valence-electron chi connectivity index (χ3n) is 7.97. The second kappa shape index (κ2) is 12.4. The SMILES string of the molecule is COc1cc(CCCCO[C@@H]2CCN([C@H](C(=O)O)c3cc(F)cc4c3OC(C(C)(C)F)CO4)C2)nc2c1CCCN2. The first-order valence-electron chi connectivity index (χ1n) is 14.3. The van der Waals surface area contributed by atoms with Crippen LogP contribution in [0.5, 0.6) is 17.2 Å². The fourth-order valence-electron chi connectivity index (χ4n) is 5.74. The lowest BCUT2D eigenvalue weighted by atomic mass is 10.00. The van der Waals surface area contributed by atoms with Crippen LogP contribution in [0.15, 0.2) is 18.2 Å². The molecule has 2 N–H and O–H groups in total. The van der Waals surface area contributed by atoms with Crippen LogP contribution < -0.4 is 19.5 Å². The normalized spacial score (nSPS) is 21.2. The third-order valence-corrected chi connectivity index (χ3v) is 7.97. The van der Waals surface area contributed by atoms with E-state index in [2.05, 4.69) is 5.32 Å². The molecule has 4 heterocycles. The summed E-state index contributed by atoms with van der Waals surface area (Å²) >= 11 is 0. The molecular formula is C30H39F2N3O6. The summed E-state index contributed by atoms with van der Waals surface area (Å²) in [5.41, 5.74) is 0.507. The molecule has 0 bridgehead atoms. The van der Waals surface area contributed by atoms with E-state index in [-0.39, 0.29) is 29.8 Å². The van der Waals surface area contributed by atoms with Gasteiger partial charge in [0.05, 0.1) is 13.2 Å². The van der Waals surface area contributed by atoms with Crippen LogP contribution in [0.25, 0.3) is 0 Å².